The summed E-state index contributed by atoms with van der Waals surface area (Å²) >= 11 is 0. The van der Waals surface area contributed by atoms with E-state index in [-0.39, 0.29) is 6.04 Å². The molecule has 0 saturated heterocycles. The van der Waals surface area contributed by atoms with Gasteiger partial charge in [0.15, 0.2) is 0 Å². The number of fused-ring (bicyclic) bond motifs is 1. The van der Waals surface area contributed by atoms with Crippen LogP contribution in [0, 0.1) is 0 Å². The number of nitrogens with two attached hydrogens (primary N) is 1. The minimum absolute atomic E-state index is 0.0598. The fourth-order valence-electron chi connectivity index (χ4n) is 2.86. The predicted octanol–water partition coefficient (Wildman–Crippen LogP) is 2.83. The van der Waals surface area contributed by atoms with Gasteiger partial charge in [-0.1, -0.05) is 30.3 Å². The zero-order chi connectivity index (χ0) is 13.9. The number of benzene rings is 2. The van der Waals surface area contributed by atoms with Gasteiger partial charge in [-0.15, -0.1) is 0 Å². The van der Waals surface area contributed by atoms with Crippen molar-refractivity contribution in [2.24, 2.45) is 5.73 Å². The third-order valence-electron chi connectivity index (χ3n) is 3.93. The van der Waals surface area contributed by atoms with Crippen molar-refractivity contribution >= 4 is 0 Å². The summed E-state index contributed by atoms with van der Waals surface area (Å²) in [4.78, 5) is 0. The number of aromatic hydroxyl groups is 1. The molecule has 0 radical (unpaired) electrons. The third-order valence-corrected chi connectivity index (χ3v) is 3.93. The van der Waals surface area contributed by atoms with Crippen LogP contribution in [0.4, 0.5) is 0 Å². The Labute approximate surface area is 119 Å². The molecule has 1 aliphatic rings. The molecular weight excluding hydrogens is 250 g/mol. The van der Waals surface area contributed by atoms with Crippen LogP contribution in [0.3, 0.4) is 0 Å². The highest BCUT2D eigenvalue weighted by Crippen LogP contribution is 2.35. The van der Waals surface area contributed by atoms with Crippen molar-refractivity contribution in [3.8, 4) is 11.5 Å². The van der Waals surface area contributed by atoms with Crippen LogP contribution in [-0.4, -0.2) is 17.8 Å². The number of hydrogen-bond acceptors (Lipinski definition) is 3. The van der Waals surface area contributed by atoms with Crippen LogP contribution in [0.2, 0.25) is 0 Å². The van der Waals surface area contributed by atoms with E-state index in [0.29, 0.717) is 11.7 Å². The Balaban J connectivity index is 1.78. The standard InChI is InChI=1S/C17H19NO2/c18-16(11-12-5-7-13(19)8-6-12)14-9-10-20-17-4-2-1-3-15(14)17/h1-8,14,16,19H,9-11,18H2. The van der Waals surface area contributed by atoms with Crippen molar-refractivity contribution in [3.05, 3.63) is 59.7 Å². The van der Waals surface area contributed by atoms with Crippen LogP contribution in [-0.2, 0) is 6.42 Å². The zero-order valence-electron chi connectivity index (χ0n) is 11.3. The molecule has 0 fully saturated rings. The topological polar surface area (TPSA) is 55.5 Å². The minimum Gasteiger partial charge on any atom is -0.508 e. The van der Waals surface area contributed by atoms with Gasteiger partial charge in [0.25, 0.3) is 0 Å². The molecule has 0 aromatic heterocycles. The van der Waals surface area contributed by atoms with Gasteiger partial charge in [-0.05, 0) is 42.2 Å². The quantitative estimate of drug-likeness (QED) is 0.901. The van der Waals surface area contributed by atoms with Crippen LogP contribution in [0.1, 0.15) is 23.5 Å². The molecule has 1 heterocycles. The van der Waals surface area contributed by atoms with E-state index in [2.05, 4.69) is 6.07 Å². The smallest absolute Gasteiger partial charge is 0.122 e. The van der Waals surface area contributed by atoms with Crippen molar-refractivity contribution in [1.82, 2.24) is 0 Å². The average Bonchev–Trinajstić information content (AvgIpc) is 2.49. The molecule has 0 bridgehead atoms. The van der Waals surface area contributed by atoms with Crippen molar-refractivity contribution in [1.29, 1.82) is 0 Å². The summed E-state index contributed by atoms with van der Waals surface area (Å²) in [6.07, 6.45) is 1.76. The molecule has 3 N–H and O–H groups in total. The highest BCUT2D eigenvalue weighted by atomic mass is 16.5. The van der Waals surface area contributed by atoms with E-state index in [4.69, 9.17) is 10.5 Å². The summed E-state index contributed by atoms with van der Waals surface area (Å²) in [5, 5.41) is 9.32. The van der Waals surface area contributed by atoms with Crippen LogP contribution in [0.5, 0.6) is 11.5 Å². The molecule has 0 amide bonds. The third kappa shape index (κ3) is 2.63. The lowest BCUT2D eigenvalue weighted by Gasteiger charge is -2.30. The van der Waals surface area contributed by atoms with Crippen molar-refractivity contribution < 1.29 is 9.84 Å². The van der Waals surface area contributed by atoms with Gasteiger partial charge < -0.3 is 15.6 Å². The fourth-order valence-corrected chi connectivity index (χ4v) is 2.86. The Hall–Kier alpha value is -2.00. The van der Waals surface area contributed by atoms with Gasteiger partial charge in [0.05, 0.1) is 6.61 Å². The number of para-hydroxylation sites is 1. The number of phenols is 1. The van der Waals surface area contributed by atoms with E-state index in [1.807, 2.05) is 30.3 Å². The molecule has 3 nitrogen and oxygen atoms in total. The van der Waals surface area contributed by atoms with E-state index in [1.165, 1.54) is 5.56 Å². The molecule has 20 heavy (non-hydrogen) atoms. The van der Waals surface area contributed by atoms with Crippen molar-refractivity contribution in [2.45, 2.75) is 24.8 Å². The van der Waals surface area contributed by atoms with Crippen LogP contribution >= 0.6 is 0 Å². The first kappa shape index (κ1) is 13.0. The largest absolute Gasteiger partial charge is 0.508 e. The van der Waals surface area contributed by atoms with Gasteiger partial charge in [0, 0.05) is 12.0 Å². The molecule has 2 unspecified atom stereocenters. The highest BCUT2D eigenvalue weighted by molar-refractivity contribution is 5.39. The Morgan fingerprint density at radius 3 is 2.70 bits per heavy atom. The van der Waals surface area contributed by atoms with Gasteiger partial charge in [0.2, 0.25) is 0 Å². The number of phenolic OH excluding ortho intramolecular Hbond substituents is 1. The van der Waals surface area contributed by atoms with Gasteiger partial charge in [0.1, 0.15) is 11.5 Å². The summed E-state index contributed by atoms with van der Waals surface area (Å²) < 4.78 is 5.68. The van der Waals surface area contributed by atoms with Gasteiger partial charge in [-0.3, -0.25) is 0 Å². The molecule has 3 rings (SSSR count). The number of rotatable bonds is 3. The van der Waals surface area contributed by atoms with Crippen LogP contribution in [0.15, 0.2) is 48.5 Å². The van der Waals surface area contributed by atoms with Gasteiger partial charge >= 0.3 is 0 Å². The van der Waals surface area contributed by atoms with E-state index in [0.717, 1.165) is 30.8 Å². The molecular formula is C17H19NO2. The molecule has 0 spiro atoms. The second-order valence-corrected chi connectivity index (χ2v) is 5.32. The highest BCUT2D eigenvalue weighted by Gasteiger charge is 2.26. The monoisotopic (exact) mass is 269 g/mol. The van der Waals surface area contributed by atoms with E-state index in [1.54, 1.807) is 12.1 Å². The number of hydrogen-bond donors (Lipinski definition) is 2. The maximum atomic E-state index is 9.32. The maximum Gasteiger partial charge on any atom is 0.122 e. The normalized spacial score (nSPS) is 18.9. The Kier molecular flexibility index (Phi) is 3.61. The van der Waals surface area contributed by atoms with Crippen LogP contribution in [0.25, 0.3) is 0 Å². The zero-order valence-corrected chi connectivity index (χ0v) is 11.3. The van der Waals surface area contributed by atoms with E-state index < -0.39 is 0 Å². The van der Waals surface area contributed by atoms with Crippen LogP contribution < -0.4 is 10.5 Å². The minimum atomic E-state index is 0.0598. The summed E-state index contributed by atoms with van der Waals surface area (Å²) in [6, 6.07) is 15.5. The predicted molar refractivity (Wildman–Crippen MR) is 79.1 cm³/mol. The lowest BCUT2D eigenvalue weighted by molar-refractivity contribution is 0.254. The second kappa shape index (κ2) is 5.55. The SMILES string of the molecule is NC(Cc1ccc(O)cc1)C1CCOc2ccccc21. The van der Waals surface area contributed by atoms with Crippen molar-refractivity contribution in [3.63, 3.8) is 0 Å². The first-order chi connectivity index (χ1) is 9.74. The Morgan fingerprint density at radius 1 is 1.15 bits per heavy atom. The molecule has 0 aliphatic carbocycles. The molecule has 0 saturated carbocycles. The molecule has 2 aromatic carbocycles. The first-order valence-corrected chi connectivity index (χ1v) is 6.99. The summed E-state index contributed by atoms with van der Waals surface area (Å²) in [5.74, 6) is 1.58. The Bertz CT molecular complexity index is 580. The van der Waals surface area contributed by atoms with Gasteiger partial charge in [-0.2, -0.15) is 0 Å². The average molecular weight is 269 g/mol. The van der Waals surface area contributed by atoms with Crippen molar-refractivity contribution in [2.75, 3.05) is 6.61 Å². The summed E-state index contributed by atoms with van der Waals surface area (Å²) in [6.45, 7) is 0.727. The Morgan fingerprint density at radius 2 is 1.90 bits per heavy atom. The first-order valence-electron chi connectivity index (χ1n) is 6.99. The van der Waals surface area contributed by atoms with E-state index >= 15 is 0 Å². The number of ether oxygens (including phenoxy) is 1. The second-order valence-electron chi connectivity index (χ2n) is 5.32. The lowest BCUT2D eigenvalue weighted by Crippen LogP contribution is -2.34. The maximum absolute atomic E-state index is 9.32. The molecule has 2 atom stereocenters. The molecule has 2 aromatic rings. The molecule has 3 heteroatoms. The molecule has 1 aliphatic heterocycles. The molecule has 104 valence electrons. The van der Waals surface area contributed by atoms with Gasteiger partial charge in [-0.25, -0.2) is 0 Å². The lowest BCUT2D eigenvalue weighted by atomic mass is 9.84. The fraction of sp³-hybridized carbons (Fsp3) is 0.294. The summed E-state index contributed by atoms with van der Waals surface area (Å²) in [5.41, 5.74) is 8.78. The summed E-state index contributed by atoms with van der Waals surface area (Å²) in [7, 11) is 0. The van der Waals surface area contributed by atoms with E-state index in [9.17, 15) is 5.11 Å².